The fourth-order valence-corrected chi connectivity index (χ4v) is 4.09. The first-order valence-electron chi connectivity index (χ1n) is 9.97. The van der Waals surface area contributed by atoms with Gasteiger partial charge >= 0.3 is 0 Å². The molecule has 0 spiro atoms. The number of benzene rings is 2. The number of likely N-dealkylation sites (tertiary alicyclic amines) is 1. The molecule has 4 rings (SSSR count). The van der Waals surface area contributed by atoms with Crippen molar-refractivity contribution < 1.29 is 9.26 Å². The highest BCUT2D eigenvalue weighted by molar-refractivity contribution is 5.37. The number of aromatic nitrogens is 2. The number of rotatable bonds is 7. The Morgan fingerprint density at radius 2 is 1.75 bits per heavy atom. The fourth-order valence-electron chi connectivity index (χ4n) is 4.09. The largest absolute Gasteiger partial charge is 0.384 e. The Balaban J connectivity index is 1.54. The summed E-state index contributed by atoms with van der Waals surface area (Å²) in [5, 5.41) is 4.35. The summed E-state index contributed by atoms with van der Waals surface area (Å²) in [6.07, 6.45) is 2.41. The molecule has 5 nitrogen and oxygen atoms in total. The maximum atomic E-state index is 5.65. The number of nitrogens with zero attached hydrogens (tertiary/aromatic N) is 3. The zero-order valence-electron chi connectivity index (χ0n) is 16.3. The molecule has 5 heteroatoms. The molecular formula is C23H27N3O2. The Morgan fingerprint density at radius 3 is 2.39 bits per heavy atom. The van der Waals surface area contributed by atoms with Crippen molar-refractivity contribution in [2.75, 3.05) is 26.8 Å². The third-order valence-corrected chi connectivity index (χ3v) is 5.37. The van der Waals surface area contributed by atoms with Crippen molar-refractivity contribution in [1.82, 2.24) is 15.0 Å². The smallest absolute Gasteiger partial charge is 0.240 e. The van der Waals surface area contributed by atoms with E-state index in [4.69, 9.17) is 14.2 Å². The number of piperidine rings is 1. The molecule has 1 saturated heterocycles. The van der Waals surface area contributed by atoms with Gasteiger partial charge in [-0.25, -0.2) is 0 Å². The summed E-state index contributed by atoms with van der Waals surface area (Å²) in [5.41, 5.74) is 2.33. The summed E-state index contributed by atoms with van der Waals surface area (Å²) >= 11 is 0. The van der Waals surface area contributed by atoms with E-state index in [1.807, 2.05) is 12.1 Å². The SMILES string of the molecule is COC[C@@H]1CCCN(Cc2nc(C(c3ccccc3)c3ccccc3)no2)C1. The molecule has 3 aromatic rings. The number of ether oxygens (including phenoxy) is 1. The molecule has 2 aromatic carbocycles. The van der Waals surface area contributed by atoms with E-state index in [1.54, 1.807) is 7.11 Å². The van der Waals surface area contributed by atoms with Gasteiger partial charge in [-0.1, -0.05) is 65.8 Å². The Kier molecular flexibility index (Phi) is 6.14. The summed E-state index contributed by atoms with van der Waals surface area (Å²) in [6, 6.07) is 20.7. The molecule has 0 radical (unpaired) electrons. The van der Waals surface area contributed by atoms with E-state index in [0.717, 1.165) is 25.5 Å². The predicted molar refractivity (Wildman–Crippen MR) is 108 cm³/mol. The van der Waals surface area contributed by atoms with Gasteiger partial charge < -0.3 is 9.26 Å². The van der Waals surface area contributed by atoms with Gasteiger partial charge in [-0.2, -0.15) is 4.98 Å². The van der Waals surface area contributed by atoms with E-state index in [1.165, 1.54) is 24.0 Å². The van der Waals surface area contributed by atoms with Crippen LogP contribution in [0.3, 0.4) is 0 Å². The summed E-state index contributed by atoms with van der Waals surface area (Å²) in [7, 11) is 1.77. The maximum absolute atomic E-state index is 5.65. The highest BCUT2D eigenvalue weighted by Crippen LogP contribution is 2.30. The molecule has 0 amide bonds. The van der Waals surface area contributed by atoms with Crippen LogP contribution >= 0.6 is 0 Å². The van der Waals surface area contributed by atoms with E-state index in [2.05, 4.69) is 58.6 Å². The first kappa shape index (κ1) is 18.8. The molecule has 146 valence electrons. The lowest BCUT2D eigenvalue weighted by molar-refractivity contribution is 0.0820. The van der Waals surface area contributed by atoms with Crippen LogP contribution in [0, 0.1) is 5.92 Å². The molecule has 28 heavy (non-hydrogen) atoms. The summed E-state index contributed by atoms with van der Waals surface area (Å²) < 4.78 is 11.0. The van der Waals surface area contributed by atoms with E-state index in [0.29, 0.717) is 18.4 Å². The number of methoxy groups -OCH3 is 1. The van der Waals surface area contributed by atoms with Crippen LogP contribution in [0.1, 0.15) is 41.6 Å². The summed E-state index contributed by atoms with van der Waals surface area (Å²) in [5.74, 6) is 1.97. The van der Waals surface area contributed by atoms with E-state index < -0.39 is 0 Å². The second-order valence-electron chi connectivity index (χ2n) is 7.50. The van der Waals surface area contributed by atoms with Crippen LogP contribution in [-0.4, -0.2) is 41.8 Å². The topological polar surface area (TPSA) is 51.4 Å². The van der Waals surface area contributed by atoms with E-state index in [-0.39, 0.29) is 5.92 Å². The van der Waals surface area contributed by atoms with Crippen molar-refractivity contribution in [3.8, 4) is 0 Å². The average Bonchev–Trinajstić information content (AvgIpc) is 3.18. The zero-order chi connectivity index (χ0) is 19.2. The molecule has 0 unspecified atom stereocenters. The van der Waals surface area contributed by atoms with Crippen LogP contribution in [-0.2, 0) is 11.3 Å². The van der Waals surface area contributed by atoms with Crippen LogP contribution in [0.5, 0.6) is 0 Å². The van der Waals surface area contributed by atoms with Gasteiger partial charge in [-0.15, -0.1) is 0 Å². The highest BCUT2D eigenvalue weighted by atomic mass is 16.5. The minimum atomic E-state index is -0.0255. The van der Waals surface area contributed by atoms with Gasteiger partial charge in [0, 0.05) is 13.7 Å². The van der Waals surface area contributed by atoms with Crippen molar-refractivity contribution >= 4 is 0 Å². The van der Waals surface area contributed by atoms with Gasteiger partial charge in [0.1, 0.15) is 0 Å². The quantitative estimate of drug-likeness (QED) is 0.620. The van der Waals surface area contributed by atoms with Gasteiger partial charge in [0.25, 0.3) is 0 Å². The minimum Gasteiger partial charge on any atom is -0.384 e. The molecule has 1 aliphatic rings. The molecule has 1 atom stereocenters. The zero-order valence-corrected chi connectivity index (χ0v) is 16.3. The lowest BCUT2D eigenvalue weighted by Gasteiger charge is -2.31. The molecule has 0 aliphatic carbocycles. The Bertz CT molecular complexity index is 809. The van der Waals surface area contributed by atoms with Crippen molar-refractivity contribution in [3.05, 3.63) is 83.5 Å². The highest BCUT2D eigenvalue weighted by Gasteiger charge is 2.25. The molecule has 0 N–H and O–H groups in total. The molecular weight excluding hydrogens is 350 g/mol. The first-order valence-corrected chi connectivity index (χ1v) is 9.97. The van der Waals surface area contributed by atoms with E-state index in [9.17, 15) is 0 Å². The minimum absolute atomic E-state index is 0.0255. The Labute approximate surface area is 166 Å². The van der Waals surface area contributed by atoms with Crippen LogP contribution in [0.15, 0.2) is 65.2 Å². The van der Waals surface area contributed by atoms with E-state index >= 15 is 0 Å². The Hall–Kier alpha value is -2.50. The Morgan fingerprint density at radius 1 is 1.07 bits per heavy atom. The third-order valence-electron chi connectivity index (χ3n) is 5.37. The number of hydrogen-bond donors (Lipinski definition) is 0. The monoisotopic (exact) mass is 377 g/mol. The molecule has 0 saturated carbocycles. The van der Waals surface area contributed by atoms with Crippen LogP contribution in [0.25, 0.3) is 0 Å². The molecule has 1 fully saturated rings. The molecule has 1 aromatic heterocycles. The second kappa shape index (κ2) is 9.13. The summed E-state index contributed by atoms with van der Waals surface area (Å²) in [6.45, 7) is 3.60. The maximum Gasteiger partial charge on any atom is 0.240 e. The van der Waals surface area contributed by atoms with Crippen molar-refractivity contribution in [3.63, 3.8) is 0 Å². The lowest BCUT2D eigenvalue weighted by atomic mass is 9.91. The molecule has 1 aliphatic heterocycles. The van der Waals surface area contributed by atoms with Gasteiger partial charge in [0.15, 0.2) is 5.82 Å². The van der Waals surface area contributed by atoms with Gasteiger partial charge in [0.2, 0.25) is 5.89 Å². The third kappa shape index (κ3) is 4.49. The molecule has 0 bridgehead atoms. The second-order valence-corrected chi connectivity index (χ2v) is 7.50. The fraction of sp³-hybridized carbons (Fsp3) is 0.391. The van der Waals surface area contributed by atoms with Crippen molar-refractivity contribution in [2.45, 2.75) is 25.3 Å². The van der Waals surface area contributed by atoms with Crippen LogP contribution in [0.2, 0.25) is 0 Å². The standard InChI is InChI=1S/C23H27N3O2/c1-27-17-18-9-8-14-26(15-18)16-21-24-23(25-28-21)22(19-10-4-2-5-11-19)20-12-6-3-7-13-20/h2-7,10-13,18,22H,8-9,14-17H2,1H3/t18-/m1/s1. The normalized spacial score (nSPS) is 17.9. The summed E-state index contributed by atoms with van der Waals surface area (Å²) in [4.78, 5) is 7.17. The van der Waals surface area contributed by atoms with Crippen LogP contribution in [0.4, 0.5) is 0 Å². The van der Waals surface area contributed by atoms with Gasteiger partial charge in [-0.05, 0) is 36.4 Å². The van der Waals surface area contributed by atoms with Gasteiger partial charge in [0.05, 0.1) is 19.1 Å². The van der Waals surface area contributed by atoms with Crippen LogP contribution < -0.4 is 0 Å². The molecule has 2 heterocycles. The average molecular weight is 377 g/mol. The lowest BCUT2D eigenvalue weighted by Crippen LogP contribution is -2.36. The van der Waals surface area contributed by atoms with Gasteiger partial charge in [-0.3, -0.25) is 4.90 Å². The number of hydrogen-bond acceptors (Lipinski definition) is 5. The van der Waals surface area contributed by atoms with Crippen molar-refractivity contribution in [1.29, 1.82) is 0 Å². The van der Waals surface area contributed by atoms with Crippen molar-refractivity contribution in [2.24, 2.45) is 5.92 Å². The first-order chi connectivity index (χ1) is 13.8. The predicted octanol–water partition coefficient (Wildman–Crippen LogP) is 4.11.